The monoisotopic (exact) mass is 374 g/mol. The zero-order valence-corrected chi connectivity index (χ0v) is 15.8. The first-order chi connectivity index (χ1) is 12.5. The van der Waals surface area contributed by atoms with Crippen molar-refractivity contribution < 1.29 is 9.18 Å². The molecule has 1 amide bonds. The van der Waals surface area contributed by atoms with E-state index >= 15 is 0 Å². The molecule has 2 aromatic carbocycles. The summed E-state index contributed by atoms with van der Waals surface area (Å²) in [7, 11) is 1.84. The van der Waals surface area contributed by atoms with Gasteiger partial charge < -0.3 is 4.90 Å². The second-order valence-electron chi connectivity index (χ2n) is 7.03. The predicted octanol–water partition coefficient (Wildman–Crippen LogP) is 4.35. The molecular formula is C21H24ClFN2O. The topological polar surface area (TPSA) is 23.6 Å². The fourth-order valence-corrected chi connectivity index (χ4v) is 3.81. The van der Waals surface area contributed by atoms with Crippen LogP contribution in [0.5, 0.6) is 0 Å². The molecule has 0 aromatic heterocycles. The second kappa shape index (κ2) is 8.65. The van der Waals surface area contributed by atoms with Gasteiger partial charge in [-0.15, -0.1) is 0 Å². The van der Waals surface area contributed by atoms with E-state index in [2.05, 4.69) is 4.90 Å². The van der Waals surface area contributed by atoms with Crippen LogP contribution in [0.1, 0.15) is 24.0 Å². The molecule has 26 heavy (non-hydrogen) atoms. The summed E-state index contributed by atoms with van der Waals surface area (Å²) in [5, 5.41) is 0.683. The van der Waals surface area contributed by atoms with Gasteiger partial charge in [0.2, 0.25) is 5.91 Å². The van der Waals surface area contributed by atoms with E-state index in [1.54, 1.807) is 17.0 Å². The Balaban J connectivity index is 1.58. The highest BCUT2D eigenvalue weighted by Gasteiger charge is 2.28. The smallest absolute Gasteiger partial charge is 0.227 e. The number of rotatable bonds is 5. The van der Waals surface area contributed by atoms with E-state index in [4.69, 9.17) is 11.6 Å². The van der Waals surface area contributed by atoms with E-state index in [1.165, 1.54) is 6.07 Å². The first-order valence-corrected chi connectivity index (χ1v) is 9.35. The first-order valence-electron chi connectivity index (χ1n) is 8.97. The Morgan fingerprint density at radius 1 is 1.23 bits per heavy atom. The van der Waals surface area contributed by atoms with Crippen molar-refractivity contribution >= 4 is 17.5 Å². The van der Waals surface area contributed by atoms with E-state index in [1.807, 2.05) is 37.4 Å². The molecule has 0 radical (unpaired) electrons. The van der Waals surface area contributed by atoms with Crippen molar-refractivity contribution in [1.82, 2.24) is 9.80 Å². The minimum absolute atomic E-state index is 0.0125. The molecule has 3 nitrogen and oxygen atoms in total. The van der Waals surface area contributed by atoms with Gasteiger partial charge in [-0.3, -0.25) is 9.69 Å². The van der Waals surface area contributed by atoms with Crippen molar-refractivity contribution in [3.05, 3.63) is 70.5 Å². The van der Waals surface area contributed by atoms with Crippen LogP contribution in [0.2, 0.25) is 5.02 Å². The lowest BCUT2D eigenvalue weighted by molar-refractivity contribution is -0.136. The van der Waals surface area contributed by atoms with E-state index in [0.717, 1.165) is 37.1 Å². The first kappa shape index (κ1) is 18.9. The summed E-state index contributed by atoms with van der Waals surface area (Å²) in [6, 6.07) is 14.3. The maximum absolute atomic E-state index is 13.4. The summed E-state index contributed by atoms with van der Waals surface area (Å²) in [6.07, 6.45) is 1.88. The van der Waals surface area contributed by atoms with E-state index in [9.17, 15) is 9.18 Å². The van der Waals surface area contributed by atoms with Gasteiger partial charge in [0.15, 0.2) is 0 Å². The van der Waals surface area contributed by atoms with E-state index in [-0.39, 0.29) is 17.6 Å². The van der Waals surface area contributed by atoms with Crippen molar-refractivity contribution in [2.75, 3.05) is 20.1 Å². The average Bonchev–Trinajstić information content (AvgIpc) is 2.61. The molecule has 1 fully saturated rings. The standard InChI is InChI=1S/C21H24ClFN2O/c1-24(13-16-5-2-8-19(22)11-16)21(26)18-7-4-10-25(15-18)14-17-6-3-9-20(23)12-17/h2-3,5-6,8-9,11-12,18H,4,7,10,13-15H2,1H3. The summed E-state index contributed by atoms with van der Waals surface area (Å²) < 4.78 is 13.4. The summed E-state index contributed by atoms with van der Waals surface area (Å²) in [4.78, 5) is 16.9. The lowest BCUT2D eigenvalue weighted by Gasteiger charge is -2.34. The third-order valence-corrected chi connectivity index (χ3v) is 5.07. The Morgan fingerprint density at radius 2 is 2.00 bits per heavy atom. The van der Waals surface area contributed by atoms with Gasteiger partial charge in [-0.1, -0.05) is 35.9 Å². The quantitative estimate of drug-likeness (QED) is 0.776. The van der Waals surface area contributed by atoms with Crippen LogP contribution in [0, 0.1) is 11.7 Å². The zero-order valence-electron chi connectivity index (χ0n) is 15.0. The highest BCUT2D eigenvalue weighted by Crippen LogP contribution is 2.22. The average molecular weight is 375 g/mol. The Labute approximate surface area is 159 Å². The maximum atomic E-state index is 13.4. The number of hydrogen-bond donors (Lipinski definition) is 0. The van der Waals surface area contributed by atoms with Gasteiger partial charge in [0, 0.05) is 31.7 Å². The molecular weight excluding hydrogens is 351 g/mol. The fraction of sp³-hybridized carbons (Fsp3) is 0.381. The number of hydrogen-bond acceptors (Lipinski definition) is 2. The van der Waals surface area contributed by atoms with Gasteiger partial charge in [0.25, 0.3) is 0 Å². The number of benzene rings is 2. The predicted molar refractivity (Wildman–Crippen MR) is 102 cm³/mol. The number of carbonyl (C=O) groups is 1. The highest BCUT2D eigenvalue weighted by atomic mass is 35.5. The minimum Gasteiger partial charge on any atom is -0.341 e. The van der Waals surface area contributed by atoms with Crippen molar-refractivity contribution in [2.24, 2.45) is 5.92 Å². The van der Waals surface area contributed by atoms with E-state index < -0.39 is 0 Å². The van der Waals surface area contributed by atoms with Gasteiger partial charge >= 0.3 is 0 Å². The number of halogens is 2. The summed E-state index contributed by atoms with van der Waals surface area (Å²) in [6.45, 7) is 2.90. The molecule has 0 spiro atoms. The van der Waals surface area contributed by atoms with Gasteiger partial charge in [-0.05, 0) is 54.8 Å². The van der Waals surface area contributed by atoms with Crippen molar-refractivity contribution in [2.45, 2.75) is 25.9 Å². The molecule has 0 N–H and O–H groups in total. The van der Waals surface area contributed by atoms with Gasteiger partial charge in [0.1, 0.15) is 5.82 Å². The normalized spacial score (nSPS) is 17.9. The lowest BCUT2D eigenvalue weighted by atomic mass is 9.96. The number of likely N-dealkylation sites (tertiary alicyclic amines) is 1. The minimum atomic E-state index is -0.214. The Hall–Kier alpha value is -1.91. The van der Waals surface area contributed by atoms with E-state index in [0.29, 0.717) is 18.1 Å². The Kier molecular flexibility index (Phi) is 6.28. The number of piperidine rings is 1. The Morgan fingerprint density at radius 3 is 2.77 bits per heavy atom. The molecule has 5 heteroatoms. The molecule has 1 unspecified atom stereocenters. The summed E-state index contributed by atoms with van der Waals surface area (Å²) >= 11 is 6.03. The largest absolute Gasteiger partial charge is 0.341 e. The van der Waals surface area contributed by atoms with Crippen LogP contribution < -0.4 is 0 Å². The molecule has 138 valence electrons. The number of nitrogens with zero attached hydrogens (tertiary/aromatic N) is 2. The molecule has 2 aromatic rings. The van der Waals surface area contributed by atoms with Gasteiger partial charge in [-0.2, -0.15) is 0 Å². The third-order valence-electron chi connectivity index (χ3n) is 4.83. The SMILES string of the molecule is CN(Cc1cccc(Cl)c1)C(=O)C1CCCN(Cc2cccc(F)c2)C1. The van der Waals surface area contributed by atoms with Crippen molar-refractivity contribution in [1.29, 1.82) is 0 Å². The van der Waals surface area contributed by atoms with Crippen LogP contribution >= 0.6 is 11.6 Å². The third kappa shape index (κ3) is 5.05. The van der Waals surface area contributed by atoms with Crippen molar-refractivity contribution in [3.8, 4) is 0 Å². The van der Waals surface area contributed by atoms with Gasteiger partial charge in [-0.25, -0.2) is 4.39 Å². The summed E-state index contributed by atoms with van der Waals surface area (Å²) in [5.74, 6) is -0.0659. The summed E-state index contributed by atoms with van der Waals surface area (Å²) in [5.41, 5.74) is 1.98. The molecule has 1 saturated heterocycles. The molecule has 1 heterocycles. The van der Waals surface area contributed by atoms with Crippen LogP contribution in [-0.4, -0.2) is 35.8 Å². The molecule has 1 aliphatic rings. The van der Waals surface area contributed by atoms with Crippen LogP contribution in [0.4, 0.5) is 4.39 Å². The van der Waals surface area contributed by atoms with Crippen LogP contribution in [0.25, 0.3) is 0 Å². The van der Waals surface area contributed by atoms with Crippen molar-refractivity contribution in [3.63, 3.8) is 0 Å². The maximum Gasteiger partial charge on any atom is 0.227 e. The van der Waals surface area contributed by atoms with Crippen LogP contribution in [0.15, 0.2) is 48.5 Å². The fourth-order valence-electron chi connectivity index (χ4n) is 3.59. The van der Waals surface area contributed by atoms with Crippen LogP contribution in [-0.2, 0) is 17.9 Å². The molecule has 0 aliphatic carbocycles. The number of amides is 1. The lowest BCUT2D eigenvalue weighted by Crippen LogP contribution is -2.43. The highest BCUT2D eigenvalue weighted by molar-refractivity contribution is 6.30. The van der Waals surface area contributed by atoms with Crippen LogP contribution in [0.3, 0.4) is 0 Å². The zero-order chi connectivity index (χ0) is 18.5. The molecule has 0 saturated carbocycles. The second-order valence-corrected chi connectivity index (χ2v) is 7.46. The molecule has 0 bridgehead atoms. The Bertz CT molecular complexity index is 767. The molecule has 1 aliphatic heterocycles. The molecule has 1 atom stereocenters. The molecule has 3 rings (SSSR count). The van der Waals surface area contributed by atoms with Gasteiger partial charge in [0.05, 0.1) is 5.92 Å². The number of carbonyl (C=O) groups excluding carboxylic acids is 1.